The van der Waals surface area contributed by atoms with Crippen LogP contribution in [-0.4, -0.2) is 5.78 Å². The SMILES string of the molecule is CC(=O)c1ccc2ccccc2c1-c1cccc2ccccc12. The molecule has 4 rings (SSSR count). The van der Waals surface area contributed by atoms with Crippen molar-refractivity contribution in [1.29, 1.82) is 0 Å². The van der Waals surface area contributed by atoms with E-state index in [9.17, 15) is 4.79 Å². The quantitative estimate of drug-likeness (QED) is 0.423. The van der Waals surface area contributed by atoms with Gasteiger partial charge in [0.25, 0.3) is 0 Å². The fourth-order valence-electron chi connectivity index (χ4n) is 3.30. The van der Waals surface area contributed by atoms with Crippen molar-refractivity contribution >= 4 is 27.3 Å². The van der Waals surface area contributed by atoms with Crippen molar-refractivity contribution in [2.45, 2.75) is 6.92 Å². The van der Waals surface area contributed by atoms with Crippen molar-refractivity contribution < 1.29 is 4.79 Å². The Balaban J connectivity index is 2.19. The van der Waals surface area contributed by atoms with Crippen LogP contribution in [0.25, 0.3) is 32.7 Å². The third-order valence-electron chi connectivity index (χ3n) is 4.37. The van der Waals surface area contributed by atoms with Gasteiger partial charge in [0.2, 0.25) is 0 Å². The molecule has 0 aliphatic rings. The minimum atomic E-state index is 0.0960. The zero-order valence-corrected chi connectivity index (χ0v) is 12.9. The normalized spacial score (nSPS) is 11.0. The van der Waals surface area contributed by atoms with Crippen LogP contribution in [-0.2, 0) is 0 Å². The molecule has 0 bridgehead atoms. The Bertz CT molecular complexity index is 1040. The maximum Gasteiger partial charge on any atom is 0.160 e. The van der Waals surface area contributed by atoms with Gasteiger partial charge in [-0.15, -0.1) is 0 Å². The summed E-state index contributed by atoms with van der Waals surface area (Å²) in [7, 11) is 0. The molecular weight excluding hydrogens is 280 g/mol. The van der Waals surface area contributed by atoms with E-state index >= 15 is 0 Å². The predicted molar refractivity (Wildman–Crippen MR) is 96.9 cm³/mol. The molecule has 0 aliphatic heterocycles. The zero-order chi connectivity index (χ0) is 15.8. The van der Waals surface area contributed by atoms with Crippen molar-refractivity contribution in [1.82, 2.24) is 0 Å². The molecule has 0 fully saturated rings. The van der Waals surface area contributed by atoms with Crippen molar-refractivity contribution in [2.75, 3.05) is 0 Å². The van der Waals surface area contributed by atoms with Crippen LogP contribution in [0, 0.1) is 0 Å². The summed E-state index contributed by atoms with van der Waals surface area (Å²) in [6, 6.07) is 26.8. The molecule has 0 heterocycles. The predicted octanol–water partition coefficient (Wildman–Crippen LogP) is 5.86. The summed E-state index contributed by atoms with van der Waals surface area (Å²) in [6.07, 6.45) is 0. The molecular formula is C22H16O. The minimum Gasteiger partial charge on any atom is -0.294 e. The molecule has 23 heavy (non-hydrogen) atoms. The molecule has 0 amide bonds. The average molecular weight is 296 g/mol. The van der Waals surface area contributed by atoms with Crippen LogP contribution in [0.4, 0.5) is 0 Å². The minimum absolute atomic E-state index is 0.0960. The molecule has 0 spiro atoms. The molecule has 0 saturated heterocycles. The molecule has 0 saturated carbocycles. The van der Waals surface area contributed by atoms with E-state index in [0.29, 0.717) is 0 Å². The highest BCUT2D eigenvalue weighted by Crippen LogP contribution is 2.36. The fourth-order valence-corrected chi connectivity index (χ4v) is 3.30. The van der Waals surface area contributed by atoms with Gasteiger partial charge in [-0.3, -0.25) is 4.79 Å². The molecule has 0 N–H and O–H groups in total. The van der Waals surface area contributed by atoms with Gasteiger partial charge in [0.1, 0.15) is 0 Å². The molecule has 1 heteroatoms. The molecule has 0 radical (unpaired) electrons. The van der Waals surface area contributed by atoms with E-state index in [4.69, 9.17) is 0 Å². The van der Waals surface area contributed by atoms with Crippen LogP contribution in [0.2, 0.25) is 0 Å². The number of carbonyl (C=O) groups is 1. The van der Waals surface area contributed by atoms with Crippen molar-refractivity contribution in [3.8, 4) is 11.1 Å². The lowest BCUT2D eigenvalue weighted by Crippen LogP contribution is -1.97. The van der Waals surface area contributed by atoms with Crippen LogP contribution >= 0.6 is 0 Å². The first-order valence-corrected chi connectivity index (χ1v) is 7.76. The second-order valence-electron chi connectivity index (χ2n) is 5.79. The molecule has 4 aromatic rings. The second-order valence-corrected chi connectivity index (χ2v) is 5.79. The van der Waals surface area contributed by atoms with Crippen LogP contribution < -0.4 is 0 Å². The molecule has 4 aromatic carbocycles. The third kappa shape index (κ3) is 2.22. The Hall–Kier alpha value is -2.93. The Morgan fingerprint density at radius 2 is 1.26 bits per heavy atom. The molecule has 0 aromatic heterocycles. The van der Waals surface area contributed by atoms with Crippen molar-refractivity contribution in [3.63, 3.8) is 0 Å². The number of carbonyl (C=O) groups excluding carboxylic acids is 1. The van der Waals surface area contributed by atoms with Crippen LogP contribution in [0.5, 0.6) is 0 Å². The van der Waals surface area contributed by atoms with Gasteiger partial charge in [-0.25, -0.2) is 0 Å². The number of hydrogen-bond donors (Lipinski definition) is 0. The van der Waals surface area contributed by atoms with E-state index in [2.05, 4.69) is 42.5 Å². The van der Waals surface area contributed by atoms with Gasteiger partial charge in [-0.2, -0.15) is 0 Å². The van der Waals surface area contributed by atoms with Gasteiger partial charge in [0, 0.05) is 11.1 Å². The molecule has 0 unspecified atom stereocenters. The first-order valence-electron chi connectivity index (χ1n) is 7.76. The number of ketones is 1. The smallest absolute Gasteiger partial charge is 0.160 e. The number of fused-ring (bicyclic) bond motifs is 2. The lowest BCUT2D eigenvalue weighted by Gasteiger charge is -2.14. The highest BCUT2D eigenvalue weighted by Gasteiger charge is 2.14. The van der Waals surface area contributed by atoms with Gasteiger partial charge < -0.3 is 0 Å². The average Bonchev–Trinajstić information content (AvgIpc) is 2.60. The van der Waals surface area contributed by atoms with Crippen LogP contribution in [0.1, 0.15) is 17.3 Å². The molecule has 0 aliphatic carbocycles. The Morgan fingerprint density at radius 1 is 0.652 bits per heavy atom. The van der Waals surface area contributed by atoms with E-state index in [1.54, 1.807) is 6.92 Å². The lowest BCUT2D eigenvalue weighted by atomic mass is 9.89. The maximum absolute atomic E-state index is 12.2. The number of Topliss-reactive ketones (excluding diaryl/α,β-unsaturated/α-hetero) is 1. The van der Waals surface area contributed by atoms with Crippen LogP contribution in [0.3, 0.4) is 0 Å². The van der Waals surface area contributed by atoms with Crippen molar-refractivity contribution in [3.05, 3.63) is 84.4 Å². The van der Waals surface area contributed by atoms with E-state index < -0.39 is 0 Å². The van der Waals surface area contributed by atoms with Gasteiger partial charge >= 0.3 is 0 Å². The summed E-state index contributed by atoms with van der Waals surface area (Å²) < 4.78 is 0. The molecule has 0 atom stereocenters. The van der Waals surface area contributed by atoms with E-state index in [1.807, 2.05) is 36.4 Å². The topological polar surface area (TPSA) is 17.1 Å². The summed E-state index contributed by atoms with van der Waals surface area (Å²) in [4.78, 5) is 12.2. The fraction of sp³-hybridized carbons (Fsp3) is 0.0455. The number of hydrogen-bond acceptors (Lipinski definition) is 1. The van der Waals surface area contributed by atoms with Crippen LogP contribution in [0.15, 0.2) is 78.9 Å². The molecule has 110 valence electrons. The number of benzene rings is 4. The van der Waals surface area contributed by atoms with E-state index in [-0.39, 0.29) is 5.78 Å². The highest BCUT2D eigenvalue weighted by molar-refractivity contribution is 6.14. The van der Waals surface area contributed by atoms with Gasteiger partial charge in [0.05, 0.1) is 0 Å². The van der Waals surface area contributed by atoms with Gasteiger partial charge in [-0.05, 0) is 34.0 Å². The first-order chi connectivity index (χ1) is 11.3. The monoisotopic (exact) mass is 296 g/mol. The summed E-state index contributed by atoms with van der Waals surface area (Å²) in [6.45, 7) is 1.64. The maximum atomic E-state index is 12.2. The number of rotatable bonds is 2. The zero-order valence-electron chi connectivity index (χ0n) is 12.9. The Labute approximate surface area is 135 Å². The summed E-state index contributed by atoms with van der Waals surface area (Å²) in [5.74, 6) is 0.0960. The van der Waals surface area contributed by atoms with Gasteiger partial charge in [0.15, 0.2) is 5.78 Å². The molecule has 1 nitrogen and oxygen atoms in total. The Kier molecular flexibility index (Phi) is 3.20. The van der Waals surface area contributed by atoms with Crippen molar-refractivity contribution in [2.24, 2.45) is 0 Å². The third-order valence-corrected chi connectivity index (χ3v) is 4.37. The first kappa shape index (κ1) is 13.7. The summed E-state index contributed by atoms with van der Waals surface area (Å²) >= 11 is 0. The Morgan fingerprint density at radius 3 is 2.00 bits per heavy atom. The van der Waals surface area contributed by atoms with E-state index in [1.165, 1.54) is 10.8 Å². The van der Waals surface area contributed by atoms with Gasteiger partial charge in [-0.1, -0.05) is 78.9 Å². The lowest BCUT2D eigenvalue weighted by molar-refractivity contribution is 0.101. The van der Waals surface area contributed by atoms with E-state index in [0.717, 1.165) is 27.5 Å². The largest absolute Gasteiger partial charge is 0.294 e. The second kappa shape index (κ2) is 5.36. The summed E-state index contributed by atoms with van der Waals surface area (Å²) in [5.41, 5.74) is 2.93. The standard InChI is InChI=1S/C22H16O/c1-15(23)18-14-13-17-8-3-5-11-20(17)22(18)21-12-6-9-16-7-2-4-10-19(16)21/h2-14H,1H3. The summed E-state index contributed by atoms with van der Waals surface area (Å²) in [5, 5.41) is 4.64. The highest BCUT2D eigenvalue weighted by atomic mass is 16.1.